The van der Waals surface area contributed by atoms with E-state index in [9.17, 15) is 24.9 Å². The van der Waals surface area contributed by atoms with E-state index in [0.29, 0.717) is 12.0 Å². The Bertz CT molecular complexity index is 934. The van der Waals surface area contributed by atoms with Crippen molar-refractivity contribution in [1.82, 2.24) is 4.90 Å². The van der Waals surface area contributed by atoms with Crippen LogP contribution in [0, 0.1) is 28.6 Å². The second-order valence-electron chi connectivity index (χ2n) is 12.3. The van der Waals surface area contributed by atoms with E-state index in [1.807, 2.05) is 20.8 Å². The largest absolute Gasteiger partial charge is 0.438 e. The van der Waals surface area contributed by atoms with Crippen molar-refractivity contribution in [3.8, 4) is 0 Å². The third-order valence-electron chi connectivity index (χ3n) is 10.1. The van der Waals surface area contributed by atoms with Crippen LogP contribution in [-0.2, 0) is 9.53 Å². The average Bonchev–Trinajstić information content (AvgIpc) is 3.00. The van der Waals surface area contributed by atoms with Crippen molar-refractivity contribution in [1.29, 1.82) is 0 Å². The molecule has 35 heavy (non-hydrogen) atoms. The van der Waals surface area contributed by atoms with E-state index in [4.69, 9.17) is 4.74 Å². The average molecular weight is 490 g/mol. The zero-order valence-electron chi connectivity index (χ0n) is 22.1. The van der Waals surface area contributed by atoms with E-state index in [1.54, 1.807) is 31.0 Å². The number of hydrogen-bond donors (Lipinski definition) is 3. The maximum atomic E-state index is 14.4. The van der Waals surface area contributed by atoms with Crippen molar-refractivity contribution < 1.29 is 29.6 Å². The van der Waals surface area contributed by atoms with Gasteiger partial charge >= 0.3 is 6.09 Å². The molecule has 0 radical (unpaired) electrons. The summed E-state index contributed by atoms with van der Waals surface area (Å²) < 4.78 is 5.98. The summed E-state index contributed by atoms with van der Waals surface area (Å²) in [5.41, 5.74) is -3.24. The van der Waals surface area contributed by atoms with Crippen LogP contribution < -0.4 is 0 Å². The first kappa shape index (κ1) is 26.4. The highest BCUT2D eigenvalue weighted by atomic mass is 16.6. The maximum Gasteiger partial charge on any atom is 0.410 e. The minimum Gasteiger partial charge on any atom is -0.438 e. The molecule has 0 aromatic heterocycles. The fraction of sp³-hybridized carbons (Fsp3) is 0.786. The molecule has 0 saturated heterocycles. The van der Waals surface area contributed by atoms with Gasteiger partial charge in [0, 0.05) is 19.0 Å². The lowest BCUT2D eigenvalue weighted by Crippen LogP contribution is -2.66. The standard InChI is InChI=1S/C28H43NO6/c1-16-14-27-18(3)12-17(2)26(4,5)21(23(27)32)13-19(15-30)22(31)28(27,34)24(16)35-25(33)29(6)20-10-8-7-9-11-20/h13-14,17-18,20-22,24,30-31,34H,7-12,15H2,1-6H3/t17-,18+,21+,22+,24-,27-,28-/m0/s1. The maximum absolute atomic E-state index is 14.4. The molecule has 1 amide bonds. The van der Waals surface area contributed by atoms with Gasteiger partial charge in [-0.15, -0.1) is 0 Å². The number of ketones is 1. The van der Waals surface area contributed by atoms with Crippen LogP contribution in [0.3, 0.4) is 0 Å². The van der Waals surface area contributed by atoms with Crippen LogP contribution in [-0.4, -0.2) is 69.6 Å². The second kappa shape index (κ2) is 9.00. The van der Waals surface area contributed by atoms with Gasteiger partial charge in [0.2, 0.25) is 0 Å². The summed E-state index contributed by atoms with van der Waals surface area (Å²) in [6.45, 7) is 9.39. The lowest BCUT2D eigenvalue weighted by atomic mass is 9.59. The lowest BCUT2D eigenvalue weighted by Gasteiger charge is -2.48. The van der Waals surface area contributed by atoms with Crippen molar-refractivity contribution in [3.63, 3.8) is 0 Å². The highest BCUT2D eigenvalue weighted by Crippen LogP contribution is 2.62. The molecule has 2 fully saturated rings. The number of hydrogen-bond acceptors (Lipinski definition) is 6. The molecule has 2 bridgehead atoms. The van der Waals surface area contributed by atoms with Crippen LogP contribution in [0.1, 0.15) is 73.1 Å². The van der Waals surface area contributed by atoms with E-state index >= 15 is 0 Å². The topological polar surface area (TPSA) is 107 Å². The molecule has 3 N–H and O–H groups in total. The molecule has 1 spiro atoms. The fourth-order valence-corrected chi connectivity index (χ4v) is 7.46. The van der Waals surface area contributed by atoms with Gasteiger partial charge in [-0.2, -0.15) is 0 Å². The summed E-state index contributed by atoms with van der Waals surface area (Å²) in [6.07, 6.45) is 5.85. The van der Waals surface area contributed by atoms with Crippen molar-refractivity contribution in [2.45, 2.75) is 97.0 Å². The lowest BCUT2D eigenvalue weighted by molar-refractivity contribution is -0.190. The minimum absolute atomic E-state index is 0.0713. The van der Waals surface area contributed by atoms with Gasteiger partial charge in [-0.1, -0.05) is 59.1 Å². The number of Topliss-reactive ketones (excluding diaryl/α,β-unsaturated/α-hetero) is 1. The Labute approximate surface area is 209 Å². The summed E-state index contributed by atoms with van der Waals surface area (Å²) in [4.78, 5) is 29.3. The number of ether oxygens (including phenoxy) is 1. The Balaban J connectivity index is 1.80. The predicted octanol–water partition coefficient (Wildman–Crippen LogP) is 3.61. The quantitative estimate of drug-likeness (QED) is 0.523. The van der Waals surface area contributed by atoms with Crippen molar-refractivity contribution >= 4 is 11.9 Å². The van der Waals surface area contributed by atoms with Crippen LogP contribution in [0.25, 0.3) is 0 Å². The smallest absolute Gasteiger partial charge is 0.410 e. The number of nitrogens with zero attached hydrogens (tertiary/aromatic N) is 1. The Hall–Kier alpha value is -1.70. The van der Waals surface area contributed by atoms with E-state index in [-0.39, 0.29) is 29.2 Å². The number of fused-ring (bicyclic) bond motifs is 1. The van der Waals surface area contributed by atoms with Crippen LogP contribution in [0.2, 0.25) is 0 Å². The number of carbonyl (C=O) groups excluding carboxylic acids is 2. The number of aliphatic hydroxyl groups excluding tert-OH is 2. The van der Waals surface area contributed by atoms with Gasteiger partial charge in [0.05, 0.1) is 12.0 Å². The van der Waals surface area contributed by atoms with Gasteiger partial charge in [0.1, 0.15) is 6.10 Å². The summed E-state index contributed by atoms with van der Waals surface area (Å²) in [5.74, 6) is -0.941. The van der Waals surface area contributed by atoms with Gasteiger partial charge in [-0.05, 0) is 54.6 Å². The Morgan fingerprint density at radius 3 is 2.40 bits per heavy atom. The van der Waals surface area contributed by atoms with E-state index in [0.717, 1.165) is 32.1 Å². The highest BCUT2D eigenvalue weighted by Gasteiger charge is 2.73. The fourth-order valence-electron chi connectivity index (χ4n) is 7.46. The molecule has 0 unspecified atom stereocenters. The van der Waals surface area contributed by atoms with Gasteiger partial charge in [-0.25, -0.2) is 4.79 Å². The second-order valence-corrected chi connectivity index (χ2v) is 12.3. The molecule has 4 rings (SSSR count). The van der Waals surface area contributed by atoms with Crippen LogP contribution >= 0.6 is 0 Å². The number of carbonyl (C=O) groups is 2. The zero-order valence-corrected chi connectivity index (χ0v) is 22.1. The van der Waals surface area contributed by atoms with Gasteiger partial charge in [0.25, 0.3) is 0 Å². The molecule has 196 valence electrons. The first-order valence-corrected chi connectivity index (χ1v) is 13.2. The Kier molecular flexibility index (Phi) is 6.78. The molecule has 7 heteroatoms. The van der Waals surface area contributed by atoms with E-state index in [1.165, 1.54) is 0 Å². The zero-order chi connectivity index (χ0) is 25.9. The molecule has 0 aromatic carbocycles. The van der Waals surface area contributed by atoms with Crippen molar-refractivity contribution in [2.75, 3.05) is 13.7 Å². The van der Waals surface area contributed by atoms with Crippen LogP contribution in [0.4, 0.5) is 4.79 Å². The molecule has 4 aliphatic rings. The van der Waals surface area contributed by atoms with Gasteiger partial charge in [0.15, 0.2) is 17.5 Å². The summed E-state index contributed by atoms with van der Waals surface area (Å²) in [5, 5.41) is 34.3. The minimum atomic E-state index is -2.11. The van der Waals surface area contributed by atoms with E-state index in [2.05, 4.69) is 6.92 Å². The molecule has 7 atom stereocenters. The first-order valence-electron chi connectivity index (χ1n) is 13.2. The van der Waals surface area contributed by atoms with Crippen molar-refractivity contribution in [3.05, 3.63) is 23.3 Å². The third-order valence-corrected chi connectivity index (χ3v) is 10.1. The van der Waals surface area contributed by atoms with Crippen molar-refractivity contribution in [2.24, 2.45) is 28.6 Å². The SMILES string of the molecule is CC1=C[C@]23C(=O)[C@@H](C=C(CO)[C@@H](O)[C@]2(O)[C@H]1OC(=O)N(C)C1CCCCC1)C(C)(C)[C@@H](C)C[C@H]3C. The summed E-state index contributed by atoms with van der Waals surface area (Å²) in [6, 6.07) is 0.0713. The molecule has 0 aromatic rings. The molecular weight excluding hydrogens is 446 g/mol. The van der Waals surface area contributed by atoms with Crippen LogP contribution in [0.15, 0.2) is 23.3 Å². The monoisotopic (exact) mass is 489 g/mol. The Morgan fingerprint density at radius 1 is 1.17 bits per heavy atom. The third kappa shape index (κ3) is 3.64. The molecule has 2 saturated carbocycles. The summed E-state index contributed by atoms with van der Waals surface area (Å²) >= 11 is 0. The van der Waals surface area contributed by atoms with E-state index < -0.39 is 47.3 Å². The first-order chi connectivity index (χ1) is 16.3. The molecule has 0 aliphatic heterocycles. The highest BCUT2D eigenvalue weighted by molar-refractivity contribution is 5.95. The summed E-state index contributed by atoms with van der Waals surface area (Å²) in [7, 11) is 1.72. The Morgan fingerprint density at radius 2 is 1.80 bits per heavy atom. The number of rotatable bonds is 3. The number of aliphatic hydroxyl groups is 3. The molecular formula is C28H43NO6. The van der Waals surface area contributed by atoms with Gasteiger partial charge in [-0.3, -0.25) is 4.79 Å². The number of allylic oxidation sites excluding steroid dienone is 1. The van der Waals surface area contributed by atoms with Gasteiger partial charge < -0.3 is 25.0 Å². The number of amides is 1. The van der Waals surface area contributed by atoms with Crippen LogP contribution in [0.5, 0.6) is 0 Å². The normalized spacial score (nSPS) is 41.3. The molecule has 7 nitrogen and oxygen atoms in total. The molecule has 4 aliphatic carbocycles. The predicted molar refractivity (Wildman–Crippen MR) is 132 cm³/mol. The molecule has 0 heterocycles.